The molecule has 0 aromatic carbocycles. The summed E-state index contributed by atoms with van der Waals surface area (Å²) in [6.07, 6.45) is 14.7. The number of hydrogen-bond donors (Lipinski definition) is 2. The summed E-state index contributed by atoms with van der Waals surface area (Å²) in [6, 6.07) is 0.0902. The molecule has 2 saturated carbocycles. The highest BCUT2D eigenvalue weighted by Crippen LogP contribution is 2.62. The fourth-order valence-electron chi connectivity index (χ4n) is 5.65. The van der Waals surface area contributed by atoms with Gasteiger partial charge in [0.25, 0.3) is 0 Å². The Bertz CT molecular complexity index is 560. The van der Waals surface area contributed by atoms with Gasteiger partial charge in [0.15, 0.2) is 0 Å². The molecule has 3 N–H and O–H groups in total. The van der Waals surface area contributed by atoms with Gasteiger partial charge in [0, 0.05) is 16.9 Å². The van der Waals surface area contributed by atoms with Crippen LogP contribution in [0.25, 0.3) is 0 Å². The first-order chi connectivity index (χ1) is 9.95. The summed E-state index contributed by atoms with van der Waals surface area (Å²) in [5, 5.41) is 10.4. The topological polar surface area (TPSA) is 46.2 Å². The molecule has 2 nitrogen and oxygen atoms in total. The number of aliphatic hydroxyl groups is 1. The van der Waals surface area contributed by atoms with E-state index in [0.717, 1.165) is 12.8 Å². The van der Waals surface area contributed by atoms with E-state index in [1.54, 1.807) is 5.57 Å². The van der Waals surface area contributed by atoms with Gasteiger partial charge in [-0.3, -0.25) is 0 Å². The molecule has 0 saturated heterocycles. The fourth-order valence-corrected chi connectivity index (χ4v) is 5.65. The van der Waals surface area contributed by atoms with Crippen LogP contribution < -0.4 is 5.73 Å². The maximum atomic E-state index is 10.4. The van der Waals surface area contributed by atoms with Gasteiger partial charge in [-0.15, -0.1) is 0 Å². The number of fused-ring (bicyclic) bond motifs is 5. The van der Waals surface area contributed by atoms with Crippen LogP contribution in [0.3, 0.4) is 0 Å². The number of hydrogen-bond acceptors (Lipinski definition) is 2. The smallest absolute Gasteiger partial charge is 0.0599 e. The van der Waals surface area contributed by atoms with Crippen LogP contribution in [-0.2, 0) is 0 Å². The van der Waals surface area contributed by atoms with Crippen LogP contribution in [0.2, 0.25) is 0 Å². The predicted molar refractivity (Wildman–Crippen MR) is 85.6 cm³/mol. The van der Waals surface area contributed by atoms with Gasteiger partial charge in [-0.2, -0.15) is 0 Å². The van der Waals surface area contributed by atoms with Gasteiger partial charge in [-0.05, 0) is 50.9 Å². The van der Waals surface area contributed by atoms with Crippen LogP contribution in [0, 0.1) is 22.7 Å². The Balaban J connectivity index is 1.77. The van der Waals surface area contributed by atoms with Gasteiger partial charge in [0.2, 0.25) is 0 Å². The molecule has 6 atom stereocenters. The molecule has 21 heavy (non-hydrogen) atoms. The second-order valence-corrected chi connectivity index (χ2v) is 8.04. The van der Waals surface area contributed by atoms with Gasteiger partial charge < -0.3 is 10.8 Å². The number of allylic oxidation sites excluding steroid dienone is 4. The van der Waals surface area contributed by atoms with Crippen LogP contribution >= 0.6 is 0 Å². The van der Waals surface area contributed by atoms with Gasteiger partial charge in [0.05, 0.1) is 6.10 Å². The van der Waals surface area contributed by atoms with Crippen molar-refractivity contribution < 1.29 is 5.11 Å². The van der Waals surface area contributed by atoms with Crippen molar-refractivity contribution in [3.63, 3.8) is 0 Å². The molecule has 0 unspecified atom stereocenters. The second-order valence-electron chi connectivity index (χ2n) is 8.04. The van der Waals surface area contributed by atoms with Crippen molar-refractivity contribution >= 4 is 0 Å². The zero-order chi connectivity index (χ0) is 14.8. The predicted octanol–water partition coefficient (Wildman–Crippen LogP) is 3.33. The van der Waals surface area contributed by atoms with Crippen molar-refractivity contribution in [3.05, 3.63) is 35.5 Å². The van der Waals surface area contributed by atoms with Crippen LogP contribution in [-0.4, -0.2) is 17.3 Å². The highest BCUT2D eigenvalue weighted by molar-refractivity contribution is 5.45. The van der Waals surface area contributed by atoms with E-state index in [1.807, 2.05) is 0 Å². The Labute approximate surface area is 127 Å². The number of rotatable bonds is 0. The summed E-state index contributed by atoms with van der Waals surface area (Å²) in [5.41, 5.74) is 9.41. The lowest BCUT2D eigenvalue weighted by atomic mass is 9.53. The first-order valence-corrected chi connectivity index (χ1v) is 8.50. The zero-order valence-corrected chi connectivity index (χ0v) is 13.2. The maximum Gasteiger partial charge on any atom is 0.0599 e. The third-order valence-electron chi connectivity index (χ3n) is 7.04. The number of aliphatic hydroxyl groups excluding tert-OH is 1. The SMILES string of the molecule is C[C@]12C=C[C@H](N)C=C1CC[C@@H]1C2=CC[C@]2(C)[C@@H](O)CC[C@@H]12. The zero-order valence-electron chi connectivity index (χ0n) is 13.2. The summed E-state index contributed by atoms with van der Waals surface area (Å²) in [7, 11) is 0. The van der Waals surface area contributed by atoms with E-state index in [-0.39, 0.29) is 23.0 Å². The Morgan fingerprint density at radius 1 is 1.24 bits per heavy atom. The summed E-state index contributed by atoms with van der Waals surface area (Å²) < 4.78 is 0. The van der Waals surface area contributed by atoms with Gasteiger partial charge in [0.1, 0.15) is 0 Å². The molecule has 0 heterocycles. The molecule has 0 amide bonds. The Hall–Kier alpha value is -0.860. The van der Waals surface area contributed by atoms with Crippen molar-refractivity contribution in [2.24, 2.45) is 28.4 Å². The monoisotopic (exact) mass is 285 g/mol. The summed E-state index contributed by atoms with van der Waals surface area (Å²) in [6.45, 7) is 4.68. The molecular formula is C19H27NO. The van der Waals surface area contributed by atoms with E-state index >= 15 is 0 Å². The van der Waals surface area contributed by atoms with E-state index in [9.17, 15) is 5.11 Å². The van der Waals surface area contributed by atoms with E-state index < -0.39 is 0 Å². The minimum Gasteiger partial charge on any atom is -0.393 e. The molecule has 0 aliphatic heterocycles. The van der Waals surface area contributed by atoms with Crippen LogP contribution in [0.4, 0.5) is 0 Å². The van der Waals surface area contributed by atoms with Crippen LogP contribution in [0.15, 0.2) is 35.5 Å². The lowest BCUT2D eigenvalue weighted by Crippen LogP contribution is -2.45. The molecule has 4 rings (SSSR count). The van der Waals surface area contributed by atoms with Crippen molar-refractivity contribution in [2.75, 3.05) is 0 Å². The van der Waals surface area contributed by atoms with E-state index in [1.165, 1.54) is 24.8 Å². The standard InChI is InChI=1S/C19H27NO/c1-18-9-7-13(20)11-12(18)3-4-14-15-5-6-17(21)19(15,2)10-8-16(14)18/h7-9,11,13-15,17,21H,3-6,10,20H2,1-2H3/t13-,14-,15-,17-,18-,19-/m0/s1. The molecule has 4 aliphatic rings. The van der Waals surface area contributed by atoms with E-state index in [2.05, 4.69) is 38.2 Å². The first-order valence-electron chi connectivity index (χ1n) is 8.50. The van der Waals surface area contributed by atoms with Gasteiger partial charge in [-0.25, -0.2) is 0 Å². The molecule has 114 valence electrons. The third kappa shape index (κ3) is 1.72. The van der Waals surface area contributed by atoms with Crippen molar-refractivity contribution in [2.45, 2.75) is 58.1 Å². The minimum absolute atomic E-state index is 0.0902. The molecule has 2 fully saturated rings. The highest BCUT2D eigenvalue weighted by atomic mass is 16.3. The van der Waals surface area contributed by atoms with E-state index in [4.69, 9.17) is 5.73 Å². The molecule has 0 bridgehead atoms. The maximum absolute atomic E-state index is 10.4. The molecule has 2 heteroatoms. The van der Waals surface area contributed by atoms with E-state index in [0.29, 0.717) is 11.8 Å². The van der Waals surface area contributed by atoms with Crippen molar-refractivity contribution in [3.8, 4) is 0 Å². The second kappa shape index (κ2) is 4.33. The lowest BCUT2D eigenvalue weighted by molar-refractivity contribution is 0.0154. The molecule has 0 radical (unpaired) electrons. The lowest BCUT2D eigenvalue weighted by Gasteiger charge is -2.52. The molecular weight excluding hydrogens is 258 g/mol. The van der Waals surface area contributed by atoms with Crippen LogP contribution in [0.5, 0.6) is 0 Å². The van der Waals surface area contributed by atoms with Gasteiger partial charge >= 0.3 is 0 Å². The average molecular weight is 285 g/mol. The minimum atomic E-state index is -0.111. The van der Waals surface area contributed by atoms with Crippen molar-refractivity contribution in [1.82, 2.24) is 0 Å². The quantitative estimate of drug-likeness (QED) is 0.671. The largest absolute Gasteiger partial charge is 0.393 e. The Kier molecular flexibility index (Phi) is 2.84. The Morgan fingerprint density at radius 3 is 2.86 bits per heavy atom. The number of nitrogens with two attached hydrogens (primary N) is 1. The summed E-state index contributed by atoms with van der Waals surface area (Å²) >= 11 is 0. The first kappa shape index (κ1) is 13.8. The van der Waals surface area contributed by atoms with Gasteiger partial charge in [-0.1, -0.05) is 42.4 Å². The fraction of sp³-hybridized carbons (Fsp3) is 0.684. The third-order valence-corrected chi connectivity index (χ3v) is 7.04. The normalized spacial score (nSPS) is 51.6. The Morgan fingerprint density at radius 2 is 2.05 bits per heavy atom. The van der Waals surface area contributed by atoms with Crippen LogP contribution in [0.1, 0.15) is 46.0 Å². The molecule has 0 aromatic heterocycles. The summed E-state index contributed by atoms with van der Waals surface area (Å²) in [5.74, 6) is 1.32. The molecule has 0 aromatic rings. The average Bonchev–Trinajstić information content (AvgIpc) is 2.76. The van der Waals surface area contributed by atoms with Crippen molar-refractivity contribution in [1.29, 1.82) is 0 Å². The molecule has 0 spiro atoms. The summed E-state index contributed by atoms with van der Waals surface area (Å²) in [4.78, 5) is 0. The molecule has 4 aliphatic carbocycles. The highest BCUT2D eigenvalue weighted by Gasteiger charge is 2.54.